The lowest BCUT2D eigenvalue weighted by Gasteiger charge is -2.15. The van der Waals surface area contributed by atoms with Crippen molar-refractivity contribution >= 4 is 21.6 Å². The molecule has 0 aromatic heterocycles. The van der Waals surface area contributed by atoms with E-state index in [9.17, 15) is 0 Å². The van der Waals surface area contributed by atoms with Crippen molar-refractivity contribution in [2.24, 2.45) is 0 Å². The molecule has 0 amide bonds. The lowest BCUT2D eigenvalue weighted by Crippen LogP contribution is -2.04. The minimum atomic E-state index is 0.370. The van der Waals surface area contributed by atoms with Crippen LogP contribution in [0.2, 0.25) is 0 Å². The number of hydrogen-bond acceptors (Lipinski definition) is 3. The van der Waals surface area contributed by atoms with Crippen molar-refractivity contribution < 1.29 is 5.11 Å². The van der Waals surface area contributed by atoms with Crippen LogP contribution in [0.25, 0.3) is 0 Å². The first-order valence-corrected chi connectivity index (χ1v) is 12.3. The molecule has 0 atom stereocenters. The molecular weight excluding hydrogens is 320 g/mol. The molecule has 0 aromatic carbocycles. The smallest absolute Gasteiger partial charge is 0.0431 e. The Morgan fingerprint density at radius 3 is 1.26 bits per heavy atom. The van der Waals surface area contributed by atoms with Gasteiger partial charge in [0, 0.05) is 17.1 Å². The van der Waals surface area contributed by atoms with Crippen molar-refractivity contribution in [3.63, 3.8) is 0 Å². The van der Waals surface area contributed by atoms with E-state index in [1.165, 1.54) is 89.2 Å². The molecule has 1 N–H and O–H groups in total. The van der Waals surface area contributed by atoms with Crippen LogP contribution in [0.3, 0.4) is 0 Å². The maximum atomic E-state index is 8.71. The summed E-state index contributed by atoms with van der Waals surface area (Å²) in [5.41, 5.74) is 0. The second-order valence-electron chi connectivity index (χ2n) is 7.69. The summed E-state index contributed by atoms with van der Waals surface area (Å²) >= 11 is 0. The molecule has 0 unspecified atom stereocenters. The van der Waals surface area contributed by atoms with E-state index in [1.54, 1.807) is 0 Å². The largest absolute Gasteiger partial charge is 0.396 e. The van der Waals surface area contributed by atoms with E-state index in [0.29, 0.717) is 11.4 Å². The Bertz CT molecular complexity index is 226. The quantitative estimate of drug-likeness (QED) is 0.212. The zero-order valence-corrected chi connectivity index (χ0v) is 17.7. The Morgan fingerprint density at radius 1 is 0.565 bits per heavy atom. The molecule has 23 heavy (non-hydrogen) atoms. The molecule has 0 aliphatic carbocycles. The summed E-state index contributed by atoms with van der Waals surface area (Å²) in [6.45, 7) is 7.25. The highest BCUT2D eigenvalue weighted by atomic mass is 33.1. The van der Waals surface area contributed by atoms with Gasteiger partial charge in [0.25, 0.3) is 0 Å². The first kappa shape index (κ1) is 23.7. The second kappa shape index (κ2) is 17.5. The highest BCUT2D eigenvalue weighted by Crippen LogP contribution is 2.35. The van der Waals surface area contributed by atoms with E-state index in [4.69, 9.17) is 5.11 Å². The van der Waals surface area contributed by atoms with Crippen LogP contribution in [0.5, 0.6) is 0 Å². The Labute approximate surface area is 154 Å². The molecule has 0 fully saturated rings. The van der Waals surface area contributed by atoms with Gasteiger partial charge in [-0.2, -0.15) is 0 Å². The number of hydrogen-bond donors (Lipinski definition) is 1. The predicted molar refractivity (Wildman–Crippen MR) is 112 cm³/mol. The summed E-state index contributed by atoms with van der Waals surface area (Å²) in [6, 6.07) is 0. The van der Waals surface area contributed by atoms with Crippen LogP contribution in [0.1, 0.15) is 111 Å². The minimum Gasteiger partial charge on any atom is -0.396 e. The van der Waals surface area contributed by atoms with E-state index < -0.39 is 0 Å². The van der Waals surface area contributed by atoms with Crippen LogP contribution in [-0.2, 0) is 0 Å². The minimum absolute atomic E-state index is 0.370. The Balaban J connectivity index is 3.00. The molecule has 0 saturated carbocycles. The average molecular weight is 363 g/mol. The van der Waals surface area contributed by atoms with Crippen LogP contribution >= 0.6 is 21.6 Å². The fourth-order valence-corrected chi connectivity index (χ4v) is 5.04. The van der Waals surface area contributed by atoms with Gasteiger partial charge in [0.1, 0.15) is 0 Å². The van der Waals surface area contributed by atoms with E-state index in [1.807, 2.05) is 21.6 Å². The van der Waals surface area contributed by atoms with Gasteiger partial charge in [0.15, 0.2) is 0 Å². The van der Waals surface area contributed by atoms with Gasteiger partial charge in [-0.15, -0.1) is 0 Å². The Morgan fingerprint density at radius 2 is 0.913 bits per heavy atom. The molecule has 0 bridgehead atoms. The van der Waals surface area contributed by atoms with Gasteiger partial charge < -0.3 is 5.11 Å². The standard InChI is InChI=1S/C20H42OS2/c1-20(2,3)23-22-19-17-15-13-11-9-7-5-4-6-8-10-12-14-16-18-21/h21H,4-19H2,1-3H3. The maximum Gasteiger partial charge on any atom is 0.0431 e. The Kier molecular flexibility index (Phi) is 18.0. The molecule has 0 spiro atoms. The van der Waals surface area contributed by atoms with Crippen molar-refractivity contribution in [2.45, 2.75) is 115 Å². The molecule has 1 nitrogen and oxygen atoms in total. The Hall–Kier alpha value is 0.660. The average Bonchev–Trinajstić information content (AvgIpc) is 2.49. The molecule has 0 rings (SSSR count). The summed E-state index contributed by atoms with van der Waals surface area (Å²) in [7, 11) is 4.08. The van der Waals surface area contributed by atoms with Gasteiger partial charge in [-0.1, -0.05) is 119 Å². The summed E-state index contributed by atoms with van der Waals surface area (Å²) in [5.74, 6) is 1.32. The summed E-state index contributed by atoms with van der Waals surface area (Å²) < 4.78 is 0.407. The first-order chi connectivity index (χ1) is 11.1. The van der Waals surface area contributed by atoms with Gasteiger partial charge in [-0.05, 0) is 12.8 Å². The van der Waals surface area contributed by atoms with Crippen LogP contribution < -0.4 is 0 Å². The van der Waals surface area contributed by atoms with Crippen molar-refractivity contribution in [3.8, 4) is 0 Å². The molecule has 0 saturated heterocycles. The molecular formula is C20H42OS2. The van der Waals surface area contributed by atoms with Crippen LogP contribution in [0.15, 0.2) is 0 Å². The number of aliphatic hydroxyl groups excluding tert-OH is 1. The highest BCUT2D eigenvalue weighted by Gasteiger charge is 2.10. The summed E-state index contributed by atoms with van der Waals surface area (Å²) in [5, 5.41) is 8.71. The topological polar surface area (TPSA) is 20.2 Å². The second-order valence-corrected chi connectivity index (χ2v) is 10.9. The van der Waals surface area contributed by atoms with E-state index in [2.05, 4.69) is 20.8 Å². The van der Waals surface area contributed by atoms with Crippen LogP contribution in [0, 0.1) is 0 Å². The molecule has 0 radical (unpaired) electrons. The summed E-state index contributed by atoms with van der Waals surface area (Å²) in [6.07, 6.45) is 19.2. The third kappa shape index (κ3) is 22.7. The van der Waals surface area contributed by atoms with Crippen molar-refractivity contribution in [1.29, 1.82) is 0 Å². The maximum absolute atomic E-state index is 8.71. The zero-order chi connectivity index (χ0) is 17.2. The van der Waals surface area contributed by atoms with E-state index in [0.717, 1.165) is 6.42 Å². The van der Waals surface area contributed by atoms with E-state index >= 15 is 0 Å². The van der Waals surface area contributed by atoms with Gasteiger partial charge in [-0.3, -0.25) is 0 Å². The van der Waals surface area contributed by atoms with Crippen molar-refractivity contribution in [2.75, 3.05) is 12.4 Å². The fraction of sp³-hybridized carbons (Fsp3) is 1.00. The zero-order valence-electron chi connectivity index (χ0n) is 16.1. The van der Waals surface area contributed by atoms with Gasteiger partial charge >= 0.3 is 0 Å². The van der Waals surface area contributed by atoms with Gasteiger partial charge in [-0.25, -0.2) is 0 Å². The highest BCUT2D eigenvalue weighted by molar-refractivity contribution is 8.77. The molecule has 0 aliphatic heterocycles. The first-order valence-electron chi connectivity index (χ1n) is 9.98. The molecule has 0 aromatic rings. The van der Waals surface area contributed by atoms with Gasteiger partial charge in [0.05, 0.1) is 0 Å². The number of unbranched alkanes of at least 4 members (excludes halogenated alkanes) is 13. The molecule has 140 valence electrons. The van der Waals surface area contributed by atoms with Crippen molar-refractivity contribution in [1.82, 2.24) is 0 Å². The monoisotopic (exact) mass is 362 g/mol. The normalized spacial score (nSPS) is 12.0. The predicted octanol–water partition coefficient (Wildman–Crippen LogP) is 7.62. The number of rotatable bonds is 17. The third-order valence-corrected chi connectivity index (χ3v) is 7.37. The van der Waals surface area contributed by atoms with E-state index in [-0.39, 0.29) is 0 Å². The molecule has 0 aliphatic rings. The van der Waals surface area contributed by atoms with Crippen LogP contribution in [0.4, 0.5) is 0 Å². The molecule has 0 heterocycles. The molecule has 3 heteroatoms. The van der Waals surface area contributed by atoms with Crippen molar-refractivity contribution in [3.05, 3.63) is 0 Å². The SMILES string of the molecule is CC(C)(C)SSCCCCCCCCCCCCCCCCO. The lowest BCUT2D eigenvalue weighted by atomic mass is 10.0. The third-order valence-electron chi connectivity index (χ3n) is 3.94. The van der Waals surface area contributed by atoms with Crippen LogP contribution in [-0.4, -0.2) is 22.2 Å². The lowest BCUT2D eigenvalue weighted by molar-refractivity contribution is 0.282. The fourth-order valence-electron chi connectivity index (χ4n) is 2.61. The summed E-state index contributed by atoms with van der Waals surface area (Å²) in [4.78, 5) is 0. The van der Waals surface area contributed by atoms with Gasteiger partial charge in [0.2, 0.25) is 0 Å². The number of aliphatic hydroxyl groups is 1.